The molecule has 0 bridgehead atoms. The first-order chi connectivity index (χ1) is 9.70. The van der Waals surface area contributed by atoms with Crippen LogP contribution in [0.1, 0.15) is 18.7 Å². The number of H-pyrrole nitrogens is 1. The number of alkyl halides is 2. The molecule has 0 aliphatic carbocycles. The molecule has 1 aliphatic heterocycles. The molecule has 1 saturated heterocycles. The van der Waals surface area contributed by atoms with Gasteiger partial charge in [0.1, 0.15) is 6.10 Å². The molecule has 1 aromatic heterocycles. The second-order valence-corrected chi connectivity index (χ2v) is 4.77. The number of rotatable bonds is 3. The number of ether oxygens (including phenoxy) is 1. The van der Waals surface area contributed by atoms with Crippen molar-refractivity contribution in [2.24, 2.45) is 0 Å². The molecule has 0 radical (unpaired) electrons. The Balaban J connectivity index is 2.54. The van der Waals surface area contributed by atoms with Crippen molar-refractivity contribution in [3.63, 3.8) is 0 Å². The molecule has 9 heteroatoms. The summed E-state index contributed by atoms with van der Waals surface area (Å²) in [6.07, 6.45) is -5.40. The lowest BCUT2D eigenvalue weighted by atomic mass is 10.1. The average molecular weight is 304 g/mol. The van der Waals surface area contributed by atoms with E-state index < -0.39 is 41.7 Å². The zero-order valence-corrected chi connectivity index (χ0v) is 11.0. The zero-order valence-electron chi connectivity index (χ0n) is 11.0. The van der Waals surface area contributed by atoms with Crippen LogP contribution in [-0.4, -0.2) is 44.0 Å². The van der Waals surface area contributed by atoms with Crippen molar-refractivity contribution >= 4 is 6.08 Å². The lowest BCUT2D eigenvalue weighted by Crippen LogP contribution is -2.44. The van der Waals surface area contributed by atoms with Crippen LogP contribution in [0.15, 0.2) is 22.4 Å². The molecule has 7 nitrogen and oxygen atoms in total. The number of halogens is 2. The highest BCUT2D eigenvalue weighted by Gasteiger charge is 2.60. The molecule has 1 aromatic rings. The highest BCUT2D eigenvalue weighted by Crippen LogP contribution is 2.43. The third-order valence-electron chi connectivity index (χ3n) is 3.26. The summed E-state index contributed by atoms with van der Waals surface area (Å²) >= 11 is 0. The molecule has 0 saturated carbocycles. The van der Waals surface area contributed by atoms with E-state index in [0.717, 1.165) is 12.3 Å². The van der Waals surface area contributed by atoms with Crippen molar-refractivity contribution in [1.29, 1.82) is 0 Å². The van der Waals surface area contributed by atoms with E-state index in [1.165, 1.54) is 6.92 Å². The topological polar surface area (TPSA) is 105 Å². The zero-order chi connectivity index (χ0) is 15.9. The van der Waals surface area contributed by atoms with Gasteiger partial charge in [-0.3, -0.25) is 14.3 Å². The Morgan fingerprint density at radius 2 is 2.19 bits per heavy atom. The summed E-state index contributed by atoms with van der Waals surface area (Å²) in [5.41, 5.74) is -2.00. The van der Waals surface area contributed by atoms with Crippen molar-refractivity contribution in [1.82, 2.24) is 9.55 Å². The van der Waals surface area contributed by atoms with Crippen molar-refractivity contribution in [2.75, 3.05) is 0 Å². The Hall–Kier alpha value is -1.84. The van der Waals surface area contributed by atoms with E-state index in [1.807, 2.05) is 4.98 Å². The van der Waals surface area contributed by atoms with Crippen molar-refractivity contribution in [3.05, 3.63) is 39.2 Å². The van der Waals surface area contributed by atoms with Crippen LogP contribution in [0.2, 0.25) is 0 Å². The molecule has 0 spiro atoms. The van der Waals surface area contributed by atoms with E-state index in [-0.39, 0.29) is 5.56 Å². The SMILES string of the molecule is C=Cc1cn([C@@H]2O[C@H](C(C)O)[C@@H](O)C2(F)F)c(=O)[nH]c1=O. The predicted molar refractivity (Wildman–Crippen MR) is 68.0 cm³/mol. The lowest BCUT2D eigenvalue weighted by Gasteiger charge is -2.21. The van der Waals surface area contributed by atoms with Gasteiger partial charge in [0.15, 0.2) is 6.10 Å². The van der Waals surface area contributed by atoms with Gasteiger partial charge < -0.3 is 14.9 Å². The third-order valence-corrected chi connectivity index (χ3v) is 3.26. The van der Waals surface area contributed by atoms with E-state index in [4.69, 9.17) is 4.74 Å². The van der Waals surface area contributed by atoms with Gasteiger partial charge in [-0.25, -0.2) is 4.79 Å². The fraction of sp³-hybridized carbons (Fsp3) is 0.500. The molecular weight excluding hydrogens is 290 g/mol. The highest BCUT2D eigenvalue weighted by molar-refractivity contribution is 5.43. The van der Waals surface area contributed by atoms with Crippen LogP contribution in [0.4, 0.5) is 8.78 Å². The molecule has 0 amide bonds. The number of hydrogen-bond donors (Lipinski definition) is 3. The molecule has 1 fully saturated rings. The van der Waals surface area contributed by atoms with Crippen LogP contribution in [-0.2, 0) is 4.74 Å². The van der Waals surface area contributed by atoms with Gasteiger partial charge in [0.25, 0.3) is 5.56 Å². The van der Waals surface area contributed by atoms with Crippen LogP contribution in [0.3, 0.4) is 0 Å². The second-order valence-electron chi connectivity index (χ2n) is 4.77. The number of nitrogens with one attached hydrogen (secondary N) is 1. The molecule has 21 heavy (non-hydrogen) atoms. The Bertz CT molecular complexity index is 666. The van der Waals surface area contributed by atoms with Gasteiger partial charge in [0.05, 0.1) is 11.7 Å². The summed E-state index contributed by atoms with van der Waals surface area (Å²) < 4.78 is 33.5. The smallest absolute Gasteiger partial charge is 0.330 e. The molecule has 1 unspecified atom stereocenters. The second kappa shape index (κ2) is 5.17. The van der Waals surface area contributed by atoms with Crippen molar-refractivity contribution in [2.45, 2.75) is 37.4 Å². The monoisotopic (exact) mass is 304 g/mol. The van der Waals surface area contributed by atoms with E-state index in [1.54, 1.807) is 0 Å². The predicted octanol–water partition coefficient (Wildman–Crippen LogP) is -0.546. The number of aromatic nitrogens is 2. The van der Waals surface area contributed by atoms with Crippen molar-refractivity contribution in [3.8, 4) is 0 Å². The number of aromatic amines is 1. The van der Waals surface area contributed by atoms with Crippen LogP contribution >= 0.6 is 0 Å². The Morgan fingerprint density at radius 1 is 1.57 bits per heavy atom. The van der Waals surface area contributed by atoms with Crippen LogP contribution < -0.4 is 11.2 Å². The van der Waals surface area contributed by atoms with E-state index in [9.17, 15) is 28.6 Å². The van der Waals surface area contributed by atoms with Gasteiger partial charge in [-0.15, -0.1) is 0 Å². The minimum absolute atomic E-state index is 0.107. The number of aliphatic hydroxyl groups excluding tert-OH is 2. The maximum atomic E-state index is 14.1. The Kier molecular flexibility index (Phi) is 3.83. The molecule has 3 N–H and O–H groups in total. The maximum Gasteiger partial charge on any atom is 0.330 e. The number of aliphatic hydroxyl groups is 2. The average Bonchev–Trinajstić information content (AvgIpc) is 2.62. The summed E-state index contributed by atoms with van der Waals surface area (Å²) in [4.78, 5) is 24.9. The quantitative estimate of drug-likeness (QED) is 0.695. The normalized spacial score (nSPS) is 29.3. The lowest BCUT2D eigenvalue weighted by molar-refractivity contribution is -0.141. The molecule has 0 aromatic carbocycles. The Morgan fingerprint density at radius 3 is 2.67 bits per heavy atom. The molecule has 1 aliphatic rings. The van der Waals surface area contributed by atoms with Gasteiger partial charge >= 0.3 is 11.6 Å². The van der Waals surface area contributed by atoms with Gasteiger partial charge in [0, 0.05) is 6.20 Å². The largest absolute Gasteiger partial charge is 0.391 e. The molecule has 2 heterocycles. The number of nitrogens with zero attached hydrogens (tertiary/aromatic N) is 1. The fourth-order valence-corrected chi connectivity index (χ4v) is 2.13. The first kappa shape index (κ1) is 15.5. The van der Waals surface area contributed by atoms with Crippen LogP contribution in [0, 0.1) is 0 Å². The first-order valence-corrected chi connectivity index (χ1v) is 6.07. The highest BCUT2D eigenvalue weighted by atomic mass is 19.3. The van der Waals surface area contributed by atoms with E-state index in [2.05, 4.69) is 6.58 Å². The van der Waals surface area contributed by atoms with Crippen LogP contribution in [0.5, 0.6) is 0 Å². The van der Waals surface area contributed by atoms with Gasteiger partial charge in [-0.05, 0) is 6.92 Å². The summed E-state index contributed by atoms with van der Waals surface area (Å²) in [5, 5.41) is 18.9. The first-order valence-electron chi connectivity index (χ1n) is 6.07. The summed E-state index contributed by atoms with van der Waals surface area (Å²) in [6, 6.07) is 0. The molecule has 2 rings (SSSR count). The molecular formula is C12H14F2N2O5. The number of hydrogen-bond acceptors (Lipinski definition) is 5. The minimum Gasteiger partial charge on any atom is -0.391 e. The van der Waals surface area contributed by atoms with Crippen LogP contribution in [0.25, 0.3) is 6.08 Å². The summed E-state index contributed by atoms with van der Waals surface area (Å²) in [5.74, 6) is -3.82. The standard InChI is InChI=1S/C12H14F2N2O5/c1-3-6-4-16(11(20)15-9(6)19)10-12(13,14)8(18)7(21-10)5(2)17/h3-5,7-8,10,17-18H,1H2,2H3,(H,15,19,20)/t5?,7-,8-,10-/m1/s1. The molecule has 4 atom stereocenters. The van der Waals surface area contributed by atoms with Gasteiger partial charge in [0.2, 0.25) is 6.23 Å². The maximum absolute atomic E-state index is 14.1. The summed E-state index contributed by atoms with van der Waals surface area (Å²) in [6.45, 7) is 4.51. The fourth-order valence-electron chi connectivity index (χ4n) is 2.13. The Labute approximate surface area is 117 Å². The van der Waals surface area contributed by atoms with E-state index in [0.29, 0.717) is 4.57 Å². The van der Waals surface area contributed by atoms with Gasteiger partial charge in [-0.1, -0.05) is 12.7 Å². The minimum atomic E-state index is -3.82. The third kappa shape index (κ3) is 2.43. The summed E-state index contributed by atoms with van der Waals surface area (Å²) in [7, 11) is 0. The molecule has 116 valence electrons. The van der Waals surface area contributed by atoms with E-state index >= 15 is 0 Å². The van der Waals surface area contributed by atoms with Crippen molar-refractivity contribution < 1.29 is 23.7 Å². The van der Waals surface area contributed by atoms with Gasteiger partial charge in [-0.2, -0.15) is 8.78 Å².